The molecule has 2 aromatic heterocycles. The summed E-state index contributed by atoms with van der Waals surface area (Å²) < 4.78 is 59.4. The minimum Gasteiger partial charge on any atom is -0.461 e. The molecule has 41 heavy (non-hydrogen) atoms. The quantitative estimate of drug-likeness (QED) is 0.203. The first-order valence-electron chi connectivity index (χ1n) is 12.8. The number of aromatic nitrogens is 3. The summed E-state index contributed by atoms with van der Waals surface area (Å²) in [5.41, 5.74) is 2.80. The number of hydrogen-bond donors (Lipinski definition) is 1. The molecule has 2 aromatic carbocycles. The molecule has 1 fully saturated rings. The second kappa shape index (κ2) is 11.2. The second-order valence-electron chi connectivity index (χ2n) is 9.81. The highest BCUT2D eigenvalue weighted by atomic mass is 32.2. The second-order valence-corrected chi connectivity index (χ2v) is 12.2. The summed E-state index contributed by atoms with van der Waals surface area (Å²) >= 11 is 1.19. The van der Waals surface area contributed by atoms with Crippen molar-refractivity contribution in [1.82, 2.24) is 14.8 Å². The maximum Gasteiger partial charge on any atom is 0.357 e. The van der Waals surface area contributed by atoms with Crippen molar-refractivity contribution in [1.29, 1.82) is 0 Å². The Morgan fingerprint density at radius 2 is 1.90 bits per heavy atom. The Kier molecular flexibility index (Phi) is 7.86. The molecular weight excluding hydrogens is 574 g/mol. The normalized spacial score (nSPS) is 13.4. The maximum atomic E-state index is 14.8. The van der Waals surface area contributed by atoms with Crippen molar-refractivity contribution in [2.75, 3.05) is 6.61 Å². The molecule has 0 aliphatic heterocycles. The van der Waals surface area contributed by atoms with Gasteiger partial charge in [-0.05, 0) is 74.9 Å². The van der Waals surface area contributed by atoms with E-state index in [1.807, 2.05) is 0 Å². The highest BCUT2D eigenvalue weighted by Crippen LogP contribution is 2.38. The molecule has 0 bridgehead atoms. The van der Waals surface area contributed by atoms with Crippen molar-refractivity contribution in [2.24, 2.45) is 11.1 Å². The zero-order chi connectivity index (χ0) is 29.5. The van der Waals surface area contributed by atoms with Crippen LogP contribution in [0.1, 0.15) is 64.4 Å². The molecule has 13 heteroatoms. The van der Waals surface area contributed by atoms with Gasteiger partial charge in [-0.25, -0.2) is 36.8 Å². The first-order chi connectivity index (χ1) is 19.5. The lowest BCUT2D eigenvalue weighted by molar-refractivity contribution is 0.0520. The highest BCUT2D eigenvalue weighted by molar-refractivity contribution is 7.89. The zero-order valence-electron chi connectivity index (χ0n) is 22.2. The topological polar surface area (TPSA) is 134 Å². The number of esters is 1. The van der Waals surface area contributed by atoms with Gasteiger partial charge in [0.1, 0.15) is 16.5 Å². The number of primary sulfonamides is 1. The maximum absolute atomic E-state index is 14.8. The van der Waals surface area contributed by atoms with Gasteiger partial charge in [-0.15, -0.1) is 11.3 Å². The van der Waals surface area contributed by atoms with Gasteiger partial charge in [0.2, 0.25) is 15.2 Å². The van der Waals surface area contributed by atoms with E-state index >= 15 is 0 Å². The van der Waals surface area contributed by atoms with Crippen LogP contribution in [-0.2, 0) is 27.6 Å². The summed E-state index contributed by atoms with van der Waals surface area (Å²) in [5.74, 6) is -2.30. The largest absolute Gasteiger partial charge is 0.461 e. The van der Waals surface area contributed by atoms with Crippen molar-refractivity contribution in [3.63, 3.8) is 0 Å². The predicted octanol–water partition coefficient (Wildman–Crippen LogP) is 4.84. The molecule has 1 saturated carbocycles. The summed E-state index contributed by atoms with van der Waals surface area (Å²) in [6, 6.07) is 7.82. The van der Waals surface area contributed by atoms with Crippen molar-refractivity contribution in [3.8, 4) is 16.4 Å². The molecule has 9 nitrogen and oxygen atoms in total. The van der Waals surface area contributed by atoms with Crippen LogP contribution in [0, 0.1) is 17.6 Å². The molecule has 0 amide bonds. The summed E-state index contributed by atoms with van der Waals surface area (Å²) in [4.78, 5) is 28.3. The van der Waals surface area contributed by atoms with E-state index in [4.69, 9.17) is 15.0 Å². The third kappa shape index (κ3) is 6.11. The Labute approximate surface area is 239 Å². The number of carbonyl (C=O) groups excluding carboxylic acids is 2. The fourth-order valence-corrected chi connectivity index (χ4v) is 5.91. The number of ketones is 1. The molecule has 1 aliphatic carbocycles. The number of benzene rings is 2. The molecule has 1 aliphatic rings. The molecule has 0 atom stereocenters. The van der Waals surface area contributed by atoms with Crippen molar-refractivity contribution >= 4 is 33.1 Å². The molecule has 4 aromatic rings. The SMILES string of the molecule is CCOC(=O)c1csc(-n2nc(-c3ccc(F)c(C(C)=O)c3)c(Cc3ccc(S(N)(=O)=O)c(F)c3)c2CC2CC2)n1. The standard InChI is InChI=1S/C28H26F2N4O5S2/c1-3-39-27(36)23-14-40-28(32-23)34-24(12-16-4-5-16)20(10-17-6-9-25(22(30)11-17)41(31,37)38)26(33-34)18-7-8-21(29)19(13-18)15(2)35/h6-9,11,13-14,16H,3-5,10,12H2,1-2H3,(H2,31,37,38). The summed E-state index contributed by atoms with van der Waals surface area (Å²) in [5, 5.41) is 11.9. The lowest BCUT2D eigenvalue weighted by Crippen LogP contribution is -2.14. The van der Waals surface area contributed by atoms with Gasteiger partial charge in [-0.1, -0.05) is 6.07 Å². The number of ether oxygens (including phenoxy) is 1. The van der Waals surface area contributed by atoms with Crippen LogP contribution in [0.25, 0.3) is 16.4 Å². The van der Waals surface area contributed by atoms with E-state index in [9.17, 15) is 26.8 Å². The smallest absolute Gasteiger partial charge is 0.357 e. The molecule has 0 spiro atoms. The minimum absolute atomic E-state index is 0.103. The van der Waals surface area contributed by atoms with Crippen LogP contribution in [0.4, 0.5) is 8.78 Å². The van der Waals surface area contributed by atoms with Crippen LogP contribution < -0.4 is 5.14 Å². The van der Waals surface area contributed by atoms with Gasteiger partial charge in [0.25, 0.3) is 0 Å². The van der Waals surface area contributed by atoms with Crippen molar-refractivity contribution in [2.45, 2.75) is 44.4 Å². The van der Waals surface area contributed by atoms with Gasteiger partial charge >= 0.3 is 5.97 Å². The zero-order valence-corrected chi connectivity index (χ0v) is 23.8. The van der Waals surface area contributed by atoms with Crippen LogP contribution in [0.3, 0.4) is 0 Å². The van der Waals surface area contributed by atoms with Crippen LogP contribution in [0.5, 0.6) is 0 Å². The average molecular weight is 601 g/mol. The Bertz CT molecular complexity index is 1780. The lowest BCUT2D eigenvalue weighted by atomic mass is 9.95. The Hall–Kier alpha value is -3.81. The van der Waals surface area contributed by atoms with E-state index < -0.39 is 38.3 Å². The Morgan fingerprint density at radius 1 is 1.15 bits per heavy atom. The minimum atomic E-state index is -4.25. The number of halogens is 2. The molecule has 0 unspecified atom stereocenters. The lowest BCUT2D eigenvalue weighted by Gasteiger charge is -2.10. The number of Topliss-reactive ketones (excluding diaryl/α,β-unsaturated/α-hetero) is 1. The number of sulfonamides is 1. The van der Waals surface area contributed by atoms with Gasteiger partial charge in [0.15, 0.2) is 11.5 Å². The van der Waals surface area contributed by atoms with E-state index in [1.54, 1.807) is 17.0 Å². The van der Waals surface area contributed by atoms with E-state index in [0.29, 0.717) is 39.9 Å². The van der Waals surface area contributed by atoms with E-state index in [0.717, 1.165) is 30.7 Å². The van der Waals surface area contributed by atoms with Crippen LogP contribution in [0.15, 0.2) is 46.7 Å². The van der Waals surface area contributed by atoms with Crippen LogP contribution >= 0.6 is 11.3 Å². The third-order valence-corrected chi connectivity index (χ3v) is 8.49. The molecule has 214 valence electrons. The van der Waals surface area contributed by atoms with Gasteiger partial charge in [-0.2, -0.15) is 5.10 Å². The number of thiazole rings is 1. The number of nitrogens with zero attached hydrogens (tertiary/aromatic N) is 3. The molecule has 0 radical (unpaired) electrons. The number of nitrogens with two attached hydrogens (primary N) is 1. The van der Waals surface area contributed by atoms with E-state index in [1.165, 1.54) is 42.5 Å². The predicted molar refractivity (Wildman–Crippen MR) is 148 cm³/mol. The molecule has 0 saturated heterocycles. The summed E-state index contributed by atoms with van der Waals surface area (Å²) in [6.45, 7) is 3.16. The van der Waals surface area contributed by atoms with Gasteiger partial charge in [0.05, 0.1) is 23.6 Å². The third-order valence-electron chi connectivity index (χ3n) is 6.73. The molecule has 2 N–H and O–H groups in total. The molecule has 2 heterocycles. The molecule has 5 rings (SSSR count). The van der Waals surface area contributed by atoms with Crippen LogP contribution in [-0.4, -0.2) is 41.5 Å². The highest BCUT2D eigenvalue weighted by Gasteiger charge is 2.30. The Balaban J connectivity index is 1.69. The number of carbonyl (C=O) groups is 2. The average Bonchev–Trinajstić information content (AvgIpc) is 3.47. The fraction of sp³-hybridized carbons (Fsp3) is 0.286. The van der Waals surface area contributed by atoms with Crippen LogP contribution in [0.2, 0.25) is 0 Å². The van der Waals surface area contributed by atoms with E-state index in [2.05, 4.69) is 4.98 Å². The van der Waals surface area contributed by atoms with Crippen molar-refractivity contribution < 1.29 is 31.5 Å². The van der Waals surface area contributed by atoms with Gasteiger partial charge < -0.3 is 4.74 Å². The first-order valence-corrected chi connectivity index (χ1v) is 15.2. The van der Waals surface area contributed by atoms with Crippen molar-refractivity contribution in [3.05, 3.63) is 81.5 Å². The van der Waals surface area contributed by atoms with Gasteiger partial charge in [-0.3, -0.25) is 4.79 Å². The fourth-order valence-electron chi connectivity index (χ4n) is 4.56. The molecular formula is C28H26F2N4O5S2. The summed E-state index contributed by atoms with van der Waals surface area (Å²) in [6.07, 6.45) is 2.76. The first kappa shape index (κ1) is 28.7. The monoisotopic (exact) mass is 600 g/mol. The van der Waals surface area contributed by atoms with Gasteiger partial charge in [0, 0.05) is 22.9 Å². The summed E-state index contributed by atoms with van der Waals surface area (Å²) in [7, 11) is -4.25. The van der Waals surface area contributed by atoms with E-state index in [-0.39, 0.29) is 24.3 Å². The number of hydrogen-bond acceptors (Lipinski definition) is 8. The number of rotatable bonds is 10. The Morgan fingerprint density at radius 3 is 2.54 bits per heavy atom.